The molecule has 0 saturated carbocycles. The van der Waals surface area contributed by atoms with Crippen LogP contribution in [-0.4, -0.2) is 58.4 Å². The molecule has 1 aromatic rings. The van der Waals surface area contributed by atoms with Gasteiger partial charge in [0.25, 0.3) is 0 Å². The molecule has 0 radical (unpaired) electrons. The van der Waals surface area contributed by atoms with Crippen LogP contribution in [0.15, 0.2) is 24.3 Å². The van der Waals surface area contributed by atoms with Crippen LogP contribution in [0.3, 0.4) is 0 Å². The lowest BCUT2D eigenvalue weighted by Crippen LogP contribution is -2.53. The lowest BCUT2D eigenvalue weighted by Gasteiger charge is -2.32. The number of phenols is 1. The van der Waals surface area contributed by atoms with E-state index in [2.05, 4.69) is 23.3 Å². The van der Waals surface area contributed by atoms with Crippen molar-refractivity contribution >= 4 is 30.5 Å². The summed E-state index contributed by atoms with van der Waals surface area (Å²) in [7, 11) is 1.48. The molecule has 8 nitrogen and oxygen atoms in total. The third kappa shape index (κ3) is 8.69. The first-order chi connectivity index (χ1) is 14.4. The maximum atomic E-state index is 13.2. The molecule has 0 spiro atoms. The van der Waals surface area contributed by atoms with Gasteiger partial charge in [-0.2, -0.15) is 12.6 Å². The van der Waals surface area contributed by atoms with Gasteiger partial charge in [0.2, 0.25) is 11.8 Å². The Hall–Kier alpha value is -2.42. The van der Waals surface area contributed by atoms with E-state index in [1.807, 2.05) is 13.8 Å². The van der Waals surface area contributed by atoms with Crippen molar-refractivity contribution in [3.8, 4) is 5.75 Å². The van der Waals surface area contributed by atoms with Gasteiger partial charge in [0.05, 0.1) is 0 Å². The van der Waals surface area contributed by atoms with E-state index < -0.39 is 29.7 Å². The average Bonchev–Trinajstić information content (AvgIpc) is 2.64. The second kappa shape index (κ2) is 11.8. The standard InChI is InChI=1S/C22H35N3O5S/c1-7-9-14(2)23-19(27)18(15-10-8-11-16(26)12-15)25(6)20(28)17(13-31)24-21(29)30-22(3,4)5/h8,10-12,14,17-18,26,31H,7,9,13H2,1-6H3,(H,23,27)(H,24,29). The van der Waals surface area contributed by atoms with Gasteiger partial charge in [-0.15, -0.1) is 0 Å². The topological polar surface area (TPSA) is 108 Å². The SMILES string of the molecule is CCCC(C)NC(=O)C(c1cccc(O)c1)N(C)C(=O)C(CS)NC(=O)OC(C)(C)C. The molecule has 9 heteroatoms. The smallest absolute Gasteiger partial charge is 0.408 e. The Kier molecular flexibility index (Phi) is 10.2. The van der Waals surface area contributed by atoms with Crippen LogP contribution in [0, 0.1) is 0 Å². The molecule has 0 aromatic heterocycles. The molecule has 0 fully saturated rings. The molecule has 0 aliphatic rings. The minimum atomic E-state index is -0.998. The molecule has 0 aliphatic carbocycles. The summed E-state index contributed by atoms with van der Waals surface area (Å²) in [5.74, 6) is -0.885. The zero-order valence-electron chi connectivity index (χ0n) is 19.1. The summed E-state index contributed by atoms with van der Waals surface area (Å²) in [5, 5.41) is 15.3. The summed E-state index contributed by atoms with van der Waals surface area (Å²) < 4.78 is 5.22. The number of ether oxygens (including phenoxy) is 1. The van der Waals surface area contributed by atoms with Crippen molar-refractivity contribution in [2.24, 2.45) is 0 Å². The zero-order chi connectivity index (χ0) is 23.8. The van der Waals surface area contributed by atoms with Crippen molar-refractivity contribution in [1.29, 1.82) is 0 Å². The van der Waals surface area contributed by atoms with Crippen LogP contribution in [-0.2, 0) is 14.3 Å². The first kappa shape index (κ1) is 26.6. The monoisotopic (exact) mass is 453 g/mol. The normalized spacial score (nSPS) is 14.2. The molecule has 3 amide bonds. The fourth-order valence-corrected chi connectivity index (χ4v) is 3.33. The Morgan fingerprint density at radius 2 is 1.87 bits per heavy atom. The maximum Gasteiger partial charge on any atom is 0.408 e. The minimum absolute atomic E-state index is 0.0169. The van der Waals surface area contributed by atoms with E-state index in [-0.39, 0.29) is 23.5 Å². The molecule has 0 saturated heterocycles. The molecular formula is C22H35N3O5S. The van der Waals surface area contributed by atoms with Crippen LogP contribution in [0.25, 0.3) is 0 Å². The Balaban J connectivity index is 3.13. The van der Waals surface area contributed by atoms with Crippen LogP contribution in [0.4, 0.5) is 4.79 Å². The summed E-state index contributed by atoms with van der Waals surface area (Å²) in [6, 6.07) is 4.12. The van der Waals surface area contributed by atoms with Crippen molar-refractivity contribution < 1.29 is 24.2 Å². The lowest BCUT2D eigenvalue weighted by molar-refractivity contribution is -0.140. The van der Waals surface area contributed by atoms with Gasteiger partial charge >= 0.3 is 6.09 Å². The molecule has 0 bridgehead atoms. The van der Waals surface area contributed by atoms with Gasteiger partial charge in [-0.25, -0.2) is 4.79 Å². The fraction of sp³-hybridized carbons (Fsp3) is 0.591. The highest BCUT2D eigenvalue weighted by Gasteiger charge is 2.34. The molecule has 1 aromatic carbocycles. The van der Waals surface area contributed by atoms with Gasteiger partial charge in [0, 0.05) is 18.8 Å². The largest absolute Gasteiger partial charge is 0.508 e. The van der Waals surface area contributed by atoms with E-state index in [1.54, 1.807) is 32.9 Å². The highest BCUT2D eigenvalue weighted by molar-refractivity contribution is 7.80. The highest BCUT2D eigenvalue weighted by atomic mass is 32.1. The number of thiol groups is 1. The number of carbonyl (C=O) groups is 3. The summed E-state index contributed by atoms with van der Waals surface area (Å²) in [5.41, 5.74) is -0.271. The second-order valence-corrected chi connectivity index (χ2v) is 8.89. The van der Waals surface area contributed by atoms with E-state index in [0.29, 0.717) is 5.56 Å². The van der Waals surface area contributed by atoms with Gasteiger partial charge in [-0.3, -0.25) is 9.59 Å². The predicted molar refractivity (Wildman–Crippen MR) is 123 cm³/mol. The Labute approximate surface area is 190 Å². The molecule has 31 heavy (non-hydrogen) atoms. The summed E-state index contributed by atoms with van der Waals surface area (Å²) in [6.45, 7) is 9.07. The number of carbonyl (C=O) groups excluding carboxylic acids is 3. The molecule has 0 aliphatic heterocycles. The number of likely N-dealkylation sites (N-methyl/N-ethyl adjacent to an activating group) is 1. The number of amides is 3. The molecular weight excluding hydrogens is 418 g/mol. The molecule has 3 atom stereocenters. The molecule has 3 unspecified atom stereocenters. The summed E-state index contributed by atoms with van der Waals surface area (Å²) in [4.78, 5) is 39.6. The number of nitrogens with one attached hydrogen (secondary N) is 2. The predicted octanol–water partition coefficient (Wildman–Crippen LogP) is 3.02. The van der Waals surface area contributed by atoms with E-state index >= 15 is 0 Å². The highest BCUT2D eigenvalue weighted by Crippen LogP contribution is 2.24. The summed E-state index contributed by atoms with van der Waals surface area (Å²) in [6.07, 6.45) is 0.938. The number of benzene rings is 1. The zero-order valence-corrected chi connectivity index (χ0v) is 20.0. The quantitative estimate of drug-likeness (QED) is 0.430. The van der Waals surface area contributed by atoms with Crippen LogP contribution in [0.5, 0.6) is 5.75 Å². The van der Waals surface area contributed by atoms with Crippen LogP contribution in [0.1, 0.15) is 59.1 Å². The Bertz CT molecular complexity index is 766. The molecule has 174 valence electrons. The third-order valence-electron chi connectivity index (χ3n) is 4.45. The maximum absolute atomic E-state index is 13.2. The van der Waals surface area contributed by atoms with E-state index in [4.69, 9.17) is 4.74 Å². The van der Waals surface area contributed by atoms with E-state index in [9.17, 15) is 19.5 Å². The molecule has 1 rings (SSSR count). The minimum Gasteiger partial charge on any atom is -0.508 e. The Morgan fingerprint density at radius 1 is 1.23 bits per heavy atom. The first-order valence-corrected chi connectivity index (χ1v) is 11.0. The van der Waals surface area contributed by atoms with Crippen molar-refractivity contribution in [2.75, 3.05) is 12.8 Å². The van der Waals surface area contributed by atoms with Crippen molar-refractivity contribution in [2.45, 2.75) is 71.2 Å². The van der Waals surface area contributed by atoms with Crippen LogP contribution >= 0.6 is 12.6 Å². The van der Waals surface area contributed by atoms with E-state index in [0.717, 1.165) is 12.8 Å². The number of phenolic OH excluding ortho intramolecular Hbond substituents is 1. The van der Waals surface area contributed by atoms with Crippen molar-refractivity contribution in [1.82, 2.24) is 15.5 Å². The van der Waals surface area contributed by atoms with Crippen LogP contribution in [0.2, 0.25) is 0 Å². The summed E-state index contributed by atoms with van der Waals surface area (Å²) >= 11 is 4.18. The first-order valence-electron chi connectivity index (χ1n) is 10.4. The second-order valence-electron chi connectivity index (χ2n) is 8.53. The van der Waals surface area contributed by atoms with Gasteiger partial charge in [0.15, 0.2) is 0 Å². The van der Waals surface area contributed by atoms with Gasteiger partial charge in [-0.05, 0) is 51.8 Å². The number of alkyl carbamates (subject to hydrolysis) is 1. The lowest BCUT2D eigenvalue weighted by atomic mass is 10.0. The van der Waals surface area contributed by atoms with Crippen molar-refractivity contribution in [3.63, 3.8) is 0 Å². The third-order valence-corrected chi connectivity index (χ3v) is 4.82. The Morgan fingerprint density at radius 3 is 2.39 bits per heavy atom. The number of hydrogen-bond acceptors (Lipinski definition) is 6. The number of hydrogen-bond donors (Lipinski definition) is 4. The number of aromatic hydroxyl groups is 1. The van der Waals surface area contributed by atoms with Crippen molar-refractivity contribution in [3.05, 3.63) is 29.8 Å². The number of nitrogens with zero attached hydrogens (tertiary/aromatic N) is 1. The van der Waals surface area contributed by atoms with Gasteiger partial charge in [-0.1, -0.05) is 25.5 Å². The molecule has 0 heterocycles. The average molecular weight is 454 g/mol. The molecule has 3 N–H and O–H groups in total. The number of rotatable bonds is 9. The van der Waals surface area contributed by atoms with E-state index in [1.165, 1.54) is 24.1 Å². The fourth-order valence-electron chi connectivity index (χ4n) is 3.08. The van der Waals surface area contributed by atoms with Crippen LogP contribution < -0.4 is 10.6 Å². The van der Waals surface area contributed by atoms with Gasteiger partial charge in [0.1, 0.15) is 23.4 Å². The van der Waals surface area contributed by atoms with Gasteiger partial charge < -0.3 is 25.4 Å².